The van der Waals surface area contributed by atoms with E-state index in [1.165, 1.54) is 6.42 Å². The molecule has 2 aliphatic rings. The molecule has 0 unspecified atom stereocenters. The maximum Gasteiger partial charge on any atom is 0.230 e. The molecule has 0 bridgehead atoms. The number of carbonyl (C=O) groups is 3. The minimum atomic E-state index is -0.176. The summed E-state index contributed by atoms with van der Waals surface area (Å²) in [6, 6.07) is 5.53. The molecule has 3 amide bonds. The first-order valence-corrected chi connectivity index (χ1v) is 14.5. The zero-order chi connectivity index (χ0) is 27.3. The van der Waals surface area contributed by atoms with Gasteiger partial charge in [0.2, 0.25) is 17.7 Å². The molecule has 2 N–H and O–H groups in total. The van der Waals surface area contributed by atoms with Gasteiger partial charge in [-0.15, -0.1) is 0 Å². The molecule has 2 saturated carbocycles. The van der Waals surface area contributed by atoms with Crippen LogP contribution in [0, 0.1) is 29.1 Å². The Hall–Kier alpha value is -2.37. The second-order valence-electron chi connectivity index (χ2n) is 13.0. The molecule has 0 aromatic heterocycles. The Balaban J connectivity index is 1.85. The van der Waals surface area contributed by atoms with Crippen molar-refractivity contribution in [1.82, 2.24) is 0 Å². The van der Waals surface area contributed by atoms with Crippen molar-refractivity contribution >= 4 is 34.8 Å². The molecule has 0 radical (unpaired) electrons. The second kappa shape index (κ2) is 12.4. The quantitative estimate of drug-likeness (QED) is 0.400. The van der Waals surface area contributed by atoms with Gasteiger partial charge in [0.25, 0.3) is 0 Å². The maximum atomic E-state index is 13.6. The predicted molar refractivity (Wildman–Crippen MR) is 153 cm³/mol. The Bertz CT molecular complexity index is 949. The van der Waals surface area contributed by atoms with Crippen molar-refractivity contribution in [2.45, 2.75) is 112 Å². The fraction of sp³-hybridized carbons (Fsp3) is 0.710. The van der Waals surface area contributed by atoms with E-state index in [0.29, 0.717) is 17.3 Å². The van der Waals surface area contributed by atoms with Crippen LogP contribution in [-0.4, -0.2) is 23.8 Å². The summed E-state index contributed by atoms with van der Waals surface area (Å²) in [6.07, 6.45) is 9.13. The molecule has 6 heteroatoms. The largest absolute Gasteiger partial charge is 0.326 e. The maximum absolute atomic E-state index is 13.6. The Morgan fingerprint density at radius 1 is 0.784 bits per heavy atom. The van der Waals surface area contributed by atoms with E-state index in [2.05, 4.69) is 31.4 Å². The van der Waals surface area contributed by atoms with Gasteiger partial charge in [-0.05, 0) is 81.9 Å². The lowest BCUT2D eigenvalue weighted by Gasteiger charge is -2.36. The van der Waals surface area contributed by atoms with Crippen molar-refractivity contribution in [3.63, 3.8) is 0 Å². The molecule has 2 aliphatic carbocycles. The van der Waals surface area contributed by atoms with Gasteiger partial charge < -0.3 is 15.5 Å². The normalized spacial score (nSPS) is 21.1. The molecule has 0 atom stereocenters. The highest BCUT2D eigenvalue weighted by atomic mass is 16.2. The van der Waals surface area contributed by atoms with Crippen LogP contribution in [0.1, 0.15) is 106 Å². The highest BCUT2D eigenvalue weighted by Gasteiger charge is 2.33. The van der Waals surface area contributed by atoms with Crippen LogP contribution in [0.5, 0.6) is 0 Å². The molecule has 0 saturated heterocycles. The molecular formula is C31H49N3O3. The van der Waals surface area contributed by atoms with E-state index in [9.17, 15) is 14.4 Å². The van der Waals surface area contributed by atoms with Gasteiger partial charge in [0, 0.05) is 40.9 Å². The minimum absolute atomic E-state index is 0.0129. The summed E-state index contributed by atoms with van der Waals surface area (Å²) >= 11 is 0. The number of hydrogen-bond donors (Lipinski definition) is 2. The third-order valence-corrected chi connectivity index (χ3v) is 8.29. The highest BCUT2D eigenvalue weighted by molar-refractivity contribution is 6.00. The molecular weight excluding hydrogens is 462 g/mol. The van der Waals surface area contributed by atoms with Crippen molar-refractivity contribution in [1.29, 1.82) is 0 Å². The first-order chi connectivity index (χ1) is 17.4. The number of benzene rings is 1. The van der Waals surface area contributed by atoms with Gasteiger partial charge in [-0.2, -0.15) is 0 Å². The van der Waals surface area contributed by atoms with Crippen molar-refractivity contribution < 1.29 is 14.4 Å². The Kier molecular flexibility index (Phi) is 9.82. The van der Waals surface area contributed by atoms with E-state index < -0.39 is 0 Å². The molecule has 2 fully saturated rings. The van der Waals surface area contributed by atoms with Crippen LogP contribution < -0.4 is 15.5 Å². The predicted octanol–water partition coefficient (Wildman–Crippen LogP) is 7.39. The van der Waals surface area contributed by atoms with Crippen molar-refractivity contribution in [2.24, 2.45) is 29.1 Å². The number of anilines is 3. The Morgan fingerprint density at radius 2 is 1.35 bits per heavy atom. The van der Waals surface area contributed by atoms with Crippen molar-refractivity contribution in [3.05, 3.63) is 18.2 Å². The van der Waals surface area contributed by atoms with Gasteiger partial charge in [0.1, 0.15) is 0 Å². The second-order valence-corrected chi connectivity index (χ2v) is 13.0. The van der Waals surface area contributed by atoms with Gasteiger partial charge in [-0.3, -0.25) is 14.4 Å². The average Bonchev–Trinajstić information content (AvgIpc) is 2.83. The molecule has 6 nitrogen and oxygen atoms in total. The fourth-order valence-electron chi connectivity index (χ4n) is 5.87. The molecule has 1 aromatic carbocycles. The summed E-state index contributed by atoms with van der Waals surface area (Å²) in [4.78, 5) is 41.3. The molecule has 206 valence electrons. The van der Waals surface area contributed by atoms with Crippen LogP contribution >= 0.6 is 0 Å². The van der Waals surface area contributed by atoms with Crippen LogP contribution in [0.25, 0.3) is 0 Å². The summed E-state index contributed by atoms with van der Waals surface area (Å²) in [6.45, 7) is 14.6. The number of rotatable bonds is 7. The minimum Gasteiger partial charge on any atom is -0.326 e. The van der Waals surface area contributed by atoms with Crippen molar-refractivity contribution in [2.75, 3.05) is 15.5 Å². The molecule has 37 heavy (non-hydrogen) atoms. The smallest absolute Gasteiger partial charge is 0.230 e. The summed E-state index contributed by atoms with van der Waals surface area (Å²) in [5, 5.41) is 6.11. The van der Waals surface area contributed by atoms with Gasteiger partial charge in [0.05, 0.1) is 0 Å². The van der Waals surface area contributed by atoms with Crippen LogP contribution in [0.4, 0.5) is 17.1 Å². The van der Waals surface area contributed by atoms with Gasteiger partial charge in [0.15, 0.2) is 0 Å². The zero-order valence-electron chi connectivity index (χ0n) is 24.2. The SMILES string of the molecule is CC(C)C(=O)Nc1cc(NC(=O)C2CCC(C(C)(C)C)CC2)cc(N(C(=O)C2CCCCC2)C(C)C)c1. The number of carbonyl (C=O) groups excluding carboxylic acids is 3. The first kappa shape index (κ1) is 29.2. The molecule has 0 spiro atoms. The molecule has 3 rings (SSSR count). The molecule has 0 aliphatic heterocycles. The van der Waals surface area contributed by atoms with Crippen molar-refractivity contribution in [3.8, 4) is 0 Å². The number of amides is 3. The number of nitrogens with one attached hydrogen (secondary N) is 2. The first-order valence-electron chi connectivity index (χ1n) is 14.5. The van der Waals surface area contributed by atoms with Gasteiger partial charge >= 0.3 is 0 Å². The Labute approximate surface area is 224 Å². The summed E-state index contributed by atoms with van der Waals surface area (Å²) < 4.78 is 0. The zero-order valence-corrected chi connectivity index (χ0v) is 24.2. The van der Waals surface area contributed by atoms with E-state index >= 15 is 0 Å². The van der Waals surface area contributed by atoms with E-state index in [1.54, 1.807) is 0 Å². The number of hydrogen-bond acceptors (Lipinski definition) is 3. The summed E-state index contributed by atoms with van der Waals surface area (Å²) in [7, 11) is 0. The lowest BCUT2D eigenvalue weighted by Crippen LogP contribution is -2.41. The summed E-state index contributed by atoms with van der Waals surface area (Å²) in [5.74, 6) is 0.555. The van der Waals surface area contributed by atoms with Gasteiger partial charge in [-0.1, -0.05) is 53.9 Å². The van der Waals surface area contributed by atoms with E-state index in [4.69, 9.17) is 0 Å². The summed E-state index contributed by atoms with van der Waals surface area (Å²) in [5.41, 5.74) is 2.22. The third-order valence-electron chi connectivity index (χ3n) is 8.29. The highest BCUT2D eigenvalue weighted by Crippen LogP contribution is 2.40. The van der Waals surface area contributed by atoms with Gasteiger partial charge in [-0.25, -0.2) is 0 Å². The molecule has 1 aromatic rings. The topological polar surface area (TPSA) is 78.5 Å². The average molecular weight is 512 g/mol. The van der Waals surface area contributed by atoms with Crippen LogP contribution in [0.2, 0.25) is 0 Å². The Morgan fingerprint density at radius 3 is 1.86 bits per heavy atom. The van der Waals surface area contributed by atoms with Crippen LogP contribution in [0.3, 0.4) is 0 Å². The van der Waals surface area contributed by atoms with Crippen LogP contribution in [0.15, 0.2) is 18.2 Å². The lowest BCUT2D eigenvalue weighted by molar-refractivity contribution is -0.123. The van der Waals surface area contributed by atoms with E-state index in [-0.39, 0.29) is 46.9 Å². The lowest BCUT2D eigenvalue weighted by atomic mass is 9.69. The fourth-order valence-corrected chi connectivity index (χ4v) is 5.87. The van der Waals surface area contributed by atoms with E-state index in [1.807, 2.05) is 50.8 Å². The molecule has 0 heterocycles. The van der Waals surface area contributed by atoms with E-state index in [0.717, 1.165) is 57.1 Å². The monoisotopic (exact) mass is 511 g/mol. The third kappa shape index (κ3) is 7.81. The number of nitrogens with zero attached hydrogens (tertiary/aromatic N) is 1. The standard InChI is InChI=1S/C31H49N3O3/c1-20(2)28(35)32-25-17-26(33-29(36)22-13-15-24(16-14-22)31(5,6)7)19-27(18-25)34(21(3)4)30(37)23-11-9-8-10-12-23/h17-24H,8-16H2,1-7H3,(H,32,35)(H,33,36). The van der Waals surface area contributed by atoms with Crippen LogP contribution in [-0.2, 0) is 14.4 Å².